The van der Waals surface area contributed by atoms with E-state index < -0.39 is 40.1 Å². The molecule has 0 saturated heterocycles. The zero-order chi connectivity index (χ0) is 20.2. The number of hydrogen-bond acceptors (Lipinski definition) is 6. The van der Waals surface area contributed by atoms with Crippen LogP contribution in [0, 0.1) is 0 Å². The standard InChI is InChI=1S/C18H17ClN2O6S/c1-27-15(22)8-20-16-12(9-28(20,25)26)14(7-6-13(16)19)21-17(23)10-4-2-3-5-11(10)18(21)24/h6-7H,2-5,8-9H2,1H3. The number of methoxy groups -OCH3 is 1. The molecule has 2 aliphatic heterocycles. The molecule has 28 heavy (non-hydrogen) atoms. The molecular formula is C18H17ClN2O6S. The summed E-state index contributed by atoms with van der Waals surface area (Å²) in [4.78, 5) is 38.5. The van der Waals surface area contributed by atoms with E-state index in [0.717, 1.165) is 29.2 Å². The lowest BCUT2D eigenvalue weighted by molar-refractivity contribution is -0.138. The Morgan fingerprint density at radius 3 is 2.32 bits per heavy atom. The van der Waals surface area contributed by atoms with Crippen molar-refractivity contribution in [3.8, 4) is 0 Å². The summed E-state index contributed by atoms with van der Waals surface area (Å²) in [6.07, 6.45) is 2.76. The van der Waals surface area contributed by atoms with Crippen LogP contribution >= 0.6 is 11.6 Å². The van der Waals surface area contributed by atoms with E-state index >= 15 is 0 Å². The normalized spacial score (nSPS) is 20.5. The summed E-state index contributed by atoms with van der Waals surface area (Å²) in [5.41, 5.74) is 1.55. The second kappa shape index (κ2) is 6.59. The quantitative estimate of drug-likeness (QED) is 0.542. The minimum atomic E-state index is -3.90. The van der Waals surface area contributed by atoms with E-state index in [9.17, 15) is 22.8 Å². The lowest BCUT2D eigenvalue weighted by Crippen LogP contribution is -2.33. The fourth-order valence-corrected chi connectivity index (χ4v) is 5.86. The highest BCUT2D eigenvalue weighted by atomic mass is 35.5. The molecule has 0 aromatic heterocycles. The molecule has 3 aliphatic rings. The van der Waals surface area contributed by atoms with Gasteiger partial charge in [0.25, 0.3) is 11.8 Å². The van der Waals surface area contributed by atoms with Gasteiger partial charge in [-0.25, -0.2) is 13.3 Å². The van der Waals surface area contributed by atoms with Gasteiger partial charge in [0, 0.05) is 16.7 Å². The van der Waals surface area contributed by atoms with Crippen LogP contribution in [0.5, 0.6) is 0 Å². The van der Waals surface area contributed by atoms with Crippen LogP contribution in [-0.2, 0) is 34.9 Å². The van der Waals surface area contributed by atoms with E-state index in [4.69, 9.17) is 11.6 Å². The zero-order valence-corrected chi connectivity index (χ0v) is 16.6. The first-order valence-electron chi connectivity index (χ1n) is 8.75. The lowest BCUT2D eigenvalue weighted by Gasteiger charge is -2.21. The number of halogens is 1. The van der Waals surface area contributed by atoms with E-state index in [1.54, 1.807) is 0 Å². The van der Waals surface area contributed by atoms with Gasteiger partial charge < -0.3 is 4.74 Å². The maximum atomic E-state index is 12.9. The molecule has 1 aromatic rings. The van der Waals surface area contributed by atoms with Crippen molar-refractivity contribution in [2.75, 3.05) is 22.9 Å². The first-order chi connectivity index (χ1) is 13.3. The molecule has 0 unspecified atom stereocenters. The van der Waals surface area contributed by atoms with Crippen molar-refractivity contribution in [1.82, 2.24) is 0 Å². The van der Waals surface area contributed by atoms with Gasteiger partial charge in [-0.05, 0) is 37.8 Å². The van der Waals surface area contributed by atoms with Crippen molar-refractivity contribution in [3.05, 3.63) is 33.9 Å². The number of nitrogens with zero attached hydrogens (tertiary/aromatic N) is 2. The third kappa shape index (κ3) is 2.72. The van der Waals surface area contributed by atoms with Crippen LogP contribution in [0.4, 0.5) is 11.4 Å². The molecule has 10 heteroatoms. The van der Waals surface area contributed by atoms with E-state index in [0.29, 0.717) is 24.0 Å². The van der Waals surface area contributed by atoms with Gasteiger partial charge in [-0.15, -0.1) is 0 Å². The first-order valence-corrected chi connectivity index (χ1v) is 10.7. The molecule has 0 fully saturated rings. The van der Waals surface area contributed by atoms with Crippen molar-refractivity contribution in [2.45, 2.75) is 31.4 Å². The van der Waals surface area contributed by atoms with Crippen LogP contribution in [0.3, 0.4) is 0 Å². The summed E-state index contributed by atoms with van der Waals surface area (Å²) in [5, 5.41) is 0.112. The second-order valence-corrected chi connectivity index (χ2v) is 9.14. The molecule has 0 spiro atoms. The summed E-state index contributed by atoms with van der Waals surface area (Å²) in [6.45, 7) is -0.536. The second-order valence-electron chi connectivity index (χ2n) is 6.84. The van der Waals surface area contributed by atoms with Crippen molar-refractivity contribution >= 4 is 50.8 Å². The van der Waals surface area contributed by atoms with Crippen LogP contribution in [-0.4, -0.2) is 39.9 Å². The summed E-state index contributed by atoms with van der Waals surface area (Å²) < 4.78 is 30.8. The Morgan fingerprint density at radius 2 is 1.75 bits per heavy atom. The number of hydrogen-bond donors (Lipinski definition) is 0. The molecule has 2 heterocycles. The topological polar surface area (TPSA) is 101 Å². The Hall–Kier alpha value is -2.39. The molecule has 4 rings (SSSR count). The van der Waals surface area contributed by atoms with Gasteiger partial charge in [0.05, 0.1) is 29.3 Å². The van der Waals surface area contributed by atoms with Gasteiger partial charge in [-0.2, -0.15) is 0 Å². The molecule has 8 nitrogen and oxygen atoms in total. The molecule has 0 bridgehead atoms. The van der Waals surface area contributed by atoms with Crippen LogP contribution < -0.4 is 9.21 Å². The SMILES string of the molecule is COC(=O)CN1c2c(Cl)ccc(N3C(=O)C4=C(CCCC4)C3=O)c2CS1(=O)=O. The van der Waals surface area contributed by atoms with Crippen LogP contribution in [0.2, 0.25) is 5.02 Å². The van der Waals surface area contributed by atoms with Gasteiger partial charge in [-0.1, -0.05) is 11.6 Å². The number of fused-ring (bicyclic) bond motifs is 1. The molecule has 1 aliphatic carbocycles. The highest BCUT2D eigenvalue weighted by molar-refractivity contribution is 7.92. The number of rotatable bonds is 3. The fourth-order valence-electron chi connectivity index (χ4n) is 3.94. The fraction of sp³-hybridized carbons (Fsp3) is 0.389. The van der Waals surface area contributed by atoms with Crippen molar-refractivity contribution < 1.29 is 27.5 Å². The Balaban J connectivity index is 1.82. The number of imide groups is 1. The highest BCUT2D eigenvalue weighted by Crippen LogP contribution is 2.46. The summed E-state index contributed by atoms with van der Waals surface area (Å²) in [7, 11) is -2.75. The van der Waals surface area contributed by atoms with E-state index in [1.807, 2.05) is 0 Å². The number of anilines is 2. The number of esters is 1. The summed E-state index contributed by atoms with van der Waals surface area (Å²) in [6, 6.07) is 2.91. The van der Waals surface area contributed by atoms with Crippen molar-refractivity contribution in [2.24, 2.45) is 0 Å². The monoisotopic (exact) mass is 424 g/mol. The molecular weight excluding hydrogens is 408 g/mol. The van der Waals surface area contributed by atoms with Gasteiger partial charge in [0.2, 0.25) is 10.0 Å². The van der Waals surface area contributed by atoms with Gasteiger partial charge >= 0.3 is 5.97 Å². The zero-order valence-electron chi connectivity index (χ0n) is 15.0. The minimum absolute atomic E-state index is 0.107. The summed E-state index contributed by atoms with van der Waals surface area (Å²) >= 11 is 6.23. The third-order valence-corrected chi connectivity index (χ3v) is 7.19. The van der Waals surface area contributed by atoms with Crippen molar-refractivity contribution in [1.29, 1.82) is 0 Å². The van der Waals surface area contributed by atoms with Crippen LogP contribution in [0.1, 0.15) is 31.2 Å². The number of carbonyl (C=O) groups excluding carboxylic acids is 3. The maximum absolute atomic E-state index is 12.9. The third-order valence-electron chi connectivity index (χ3n) is 5.25. The van der Waals surface area contributed by atoms with Crippen molar-refractivity contribution in [3.63, 3.8) is 0 Å². The lowest BCUT2D eigenvalue weighted by atomic mass is 9.93. The molecule has 0 saturated carbocycles. The number of ether oxygens (including phenoxy) is 1. The average molecular weight is 425 g/mol. The number of sulfonamides is 1. The number of amides is 2. The number of benzene rings is 1. The molecule has 1 aromatic carbocycles. The van der Waals surface area contributed by atoms with Crippen LogP contribution in [0.25, 0.3) is 0 Å². The molecule has 0 N–H and O–H groups in total. The van der Waals surface area contributed by atoms with Gasteiger partial charge in [0.1, 0.15) is 6.54 Å². The van der Waals surface area contributed by atoms with E-state index in [2.05, 4.69) is 4.74 Å². The Morgan fingerprint density at radius 1 is 1.14 bits per heavy atom. The van der Waals surface area contributed by atoms with E-state index in [-0.39, 0.29) is 22.0 Å². The predicted molar refractivity (Wildman–Crippen MR) is 101 cm³/mol. The van der Waals surface area contributed by atoms with Gasteiger partial charge in [-0.3, -0.25) is 18.7 Å². The largest absolute Gasteiger partial charge is 0.468 e. The molecule has 148 valence electrons. The minimum Gasteiger partial charge on any atom is -0.468 e. The smallest absolute Gasteiger partial charge is 0.326 e. The van der Waals surface area contributed by atoms with E-state index in [1.165, 1.54) is 12.1 Å². The molecule has 0 atom stereocenters. The number of carbonyl (C=O) groups is 3. The highest BCUT2D eigenvalue weighted by Gasteiger charge is 2.44. The molecule has 0 radical (unpaired) electrons. The van der Waals surface area contributed by atoms with Crippen LogP contribution in [0.15, 0.2) is 23.3 Å². The summed E-state index contributed by atoms with van der Waals surface area (Å²) in [5.74, 6) is -2.03. The Bertz CT molecular complexity index is 1030. The molecule has 2 amide bonds. The Kier molecular flexibility index (Phi) is 4.46. The average Bonchev–Trinajstić information content (AvgIpc) is 3.08. The van der Waals surface area contributed by atoms with Gasteiger partial charge in [0.15, 0.2) is 0 Å². The maximum Gasteiger partial charge on any atom is 0.326 e. The first kappa shape index (κ1) is 18.9. The predicted octanol–water partition coefficient (Wildman–Crippen LogP) is 1.91. The Labute approximate surface area is 166 Å².